The summed E-state index contributed by atoms with van der Waals surface area (Å²) < 4.78 is 0.782. The number of aromatic nitrogens is 1. The molecule has 1 rings (SSSR count). The summed E-state index contributed by atoms with van der Waals surface area (Å²) in [7, 11) is 0. The molecule has 14 heavy (non-hydrogen) atoms. The number of halogens is 1. The number of hydrazine groups is 1. The van der Waals surface area contributed by atoms with Crippen LogP contribution in [0.3, 0.4) is 0 Å². The average molecular weight is 260 g/mol. The summed E-state index contributed by atoms with van der Waals surface area (Å²) in [4.78, 5) is 24.8. The number of amides is 2. The lowest BCUT2D eigenvalue weighted by atomic mass is 10.4. The monoisotopic (exact) mass is 259 g/mol. The van der Waals surface area contributed by atoms with E-state index in [1.54, 1.807) is 19.2 Å². The highest BCUT2D eigenvalue weighted by atomic mass is 79.9. The Morgan fingerprint density at radius 2 is 2.21 bits per heavy atom. The van der Waals surface area contributed by atoms with E-state index >= 15 is 0 Å². The van der Waals surface area contributed by atoms with Gasteiger partial charge < -0.3 is 4.98 Å². The predicted octanol–water partition coefficient (Wildman–Crippen LogP) is 0.948. The minimum Gasteiger partial charge on any atom is -0.356 e. The Morgan fingerprint density at radius 1 is 1.50 bits per heavy atom. The van der Waals surface area contributed by atoms with Gasteiger partial charge in [-0.05, 0) is 22.0 Å². The highest BCUT2D eigenvalue weighted by Crippen LogP contribution is 2.09. The third-order valence-corrected chi connectivity index (χ3v) is 1.99. The van der Waals surface area contributed by atoms with Crippen LogP contribution in [0.1, 0.15) is 23.8 Å². The highest BCUT2D eigenvalue weighted by molar-refractivity contribution is 9.10. The fourth-order valence-electron chi connectivity index (χ4n) is 0.781. The van der Waals surface area contributed by atoms with E-state index in [0.29, 0.717) is 12.1 Å². The molecule has 0 aliphatic carbocycles. The number of aromatic amines is 1. The zero-order valence-corrected chi connectivity index (χ0v) is 9.14. The summed E-state index contributed by atoms with van der Waals surface area (Å²) in [5.41, 5.74) is 4.92. The van der Waals surface area contributed by atoms with Gasteiger partial charge in [-0.15, -0.1) is 0 Å². The number of carbonyl (C=O) groups is 2. The van der Waals surface area contributed by atoms with Crippen LogP contribution in [0.25, 0.3) is 0 Å². The van der Waals surface area contributed by atoms with Crippen LogP contribution in [-0.2, 0) is 4.79 Å². The number of rotatable bonds is 2. The van der Waals surface area contributed by atoms with Gasteiger partial charge in [0.2, 0.25) is 5.91 Å². The largest absolute Gasteiger partial charge is 0.356 e. The second kappa shape index (κ2) is 4.80. The number of hydrogen-bond donors (Lipinski definition) is 3. The Kier molecular flexibility index (Phi) is 3.70. The van der Waals surface area contributed by atoms with Gasteiger partial charge in [0.25, 0.3) is 5.91 Å². The molecule has 0 aliphatic heterocycles. The van der Waals surface area contributed by atoms with Crippen LogP contribution in [0, 0.1) is 0 Å². The molecule has 5 nitrogen and oxygen atoms in total. The molecule has 76 valence electrons. The summed E-state index contributed by atoms with van der Waals surface area (Å²) in [6, 6.07) is 1.62. The van der Waals surface area contributed by atoms with Crippen molar-refractivity contribution >= 4 is 27.7 Å². The van der Waals surface area contributed by atoms with Gasteiger partial charge in [-0.25, -0.2) is 0 Å². The molecule has 0 saturated heterocycles. The van der Waals surface area contributed by atoms with E-state index in [-0.39, 0.29) is 11.8 Å². The lowest BCUT2D eigenvalue weighted by Crippen LogP contribution is -2.41. The first kappa shape index (κ1) is 10.8. The summed E-state index contributed by atoms with van der Waals surface area (Å²) >= 11 is 3.20. The molecule has 0 spiro atoms. The highest BCUT2D eigenvalue weighted by Gasteiger charge is 2.07. The molecular weight excluding hydrogens is 250 g/mol. The van der Waals surface area contributed by atoms with Crippen LogP contribution in [0.15, 0.2) is 16.7 Å². The molecule has 0 fully saturated rings. The summed E-state index contributed by atoms with van der Waals surface area (Å²) in [6.07, 6.45) is 1.96. The smallest absolute Gasteiger partial charge is 0.286 e. The van der Waals surface area contributed by atoms with Gasteiger partial charge in [0.15, 0.2) is 0 Å². The third kappa shape index (κ3) is 2.88. The quantitative estimate of drug-likeness (QED) is 0.692. The van der Waals surface area contributed by atoms with Gasteiger partial charge in [-0.1, -0.05) is 6.92 Å². The fourth-order valence-corrected chi connectivity index (χ4v) is 1.12. The van der Waals surface area contributed by atoms with Crippen LogP contribution in [0.4, 0.5) is 0 Å². The number of H-pyrrole nitrogens is 1. The van der Waals surface area contributed by atoms with E-state index in [2.05, 4.69) is 31.8 Å². The van der Waals surface area contributed by atoms with Crippen molar-refractivity contribution in [2.45, 2.75) is 13.3 Å². The standard InChI is InChI=1S/C8H10BrN3O2/c1-2-7(13)11-12-8(14)6-3-5(9)4-10-6/h3-4,10H,2H2,1H3,(H,11,13)(H,12,14). The summed E-state index contributed by atoms with van der Waals surface area (Å²) in [5, 5.41) is 0. The molecule has 1 aromatic rings. The SMILES string of the molecule is CCC(=O)NNC(=O)c1cc(Br)c[nH]1. The van der Waals surface area contributed by atoms with E-state index in [9.17, 15) is 9.59 Å². The fraction of sp³-hybridized carbons (Fsp3) is 0.250. The van der Waals surface area contributed by atoms with Gasteiger partial charge in [-0.2, -0.15) is 0 Å². The van der Waals surface area contributed by atoms with Crippen LogP contribution in [-0.4, -0.2) is 16.8 Å². The molecule has 6 heteroatoms. The normalized spacial score (nSPS) is 9.57. The van der Waals surface area contributed by atoms with E-state index in [1.807, 2.05) is 0 Å². The van der Waals surface area contributed by atoms with E-state index in [0.717, 1.165) is 4.47 Å². The van der Waals surface area contributed by atoms with Crippen molar-refractivity contribution in [3.63, 3.8) is 0 Å². The predicted molar refractivity (Wildman–Crippen MR) is 54.4 cm³/mol. The van der Waals surface area contributed by atoms with Crippen molar-refractivity contribution in [3.8, 4) is 0 Å². The first-order valence-corrected chi connectivity index (χ1v) is 4.86. The van der Waals surface area contributed by atoms with Crippen LogP contribution >= 0.6 is 15.9 Å². The Labute approximate surface area is 89.4 Å². The van der Waals surface area contributed by atoms with Gasteiger partial charge in [-0.3, -0.25) is 20.4 Å². The molecule has 0 aliphatic rings. The van der Waals surface area contributed by atoms with E-state index in [1.165, 1.54) is 0 Å². The molecule has 3 N–H and O–H groups in total. The number of hydrogen-bond acceptors (Lipinski definition) is 2. The zero-order chi connectivity index (χ0) is 10.6. The van der Waals surface area contributed by atoms with Crippen molar-refractivity contribution in [2.75, 3.05) is 0 Å². The van der Waals surface area contributed by atoms with Crippen LogP contribution in [0.5, 0.6) is 0 Å². The Balaban J connectivity index is 2.47. The van der Waals surface area contributed by atoms with E-state index in [4.69, 9.17) is 0 Å². The molecule has 1 aromatic heterocycles. The van der Waals surface area contributed by atoms with Gasteiger partial charge in [0.1, 0.15) is 5.69 Å². The van der Waals surface area contributed by atoms with E-state index < -0.39 is 0 Å². The number of nitrogens with one attached hydrogen (secondary N) is 3. The first-order valence-electron chi connectivity index (χ1n) is 4.06. The molecule has 1 heterocycles. The maximum Gasteiger partial charge on any atom is 0.286 e. The van der Waals surface area contributed by atoms with Gasteiger partial charge >= 0.3 is 0 Å². The van der Waals surface area contributed by atoms with Gasteiger partial charge in [0, 0.05) is 17.1 Å². The van der Waals surface area contributed by atoms with Crippen LogP contribution < -0.4 is 10.9 Å². The third-order valence-electron chi connectivity index (χ3n) is 1.53. The molecule has 2 amide bonds. The minimum absolute atomic E-state index is 0.232. The first-order chi connectivity index (χ1) is 6.63. The maximum absolute atomic E-state index is 11.3. The Morgan fingerprint density at radius 3 is 2.71 bits per heavy atom. The second-order valence-corrected chi connectivity index (χ2v) is 3.50. The number of carbonyl (C=O) groups excluding carboxylic acids is 2. The van der Waals surface area contributed by atoms with Crippen LogP contribution in [0.2, 0.25) is 0 Å². The molecular formula is C8H10BrN3O2. The molecule has 0 unspecified atom stereocenters. The second-order valence-electron chi connectivity index (χ2n) is 2.59. The minimum atomic E-state index is -0.377. The van der Waals surface area contributed by atoms with Crippen molar-refractivity contribution in [1.82, 2.24) is 15.8 Å². The molecule has 0 saturated carbocycles. The lowest BCUT2D eigenvalue weighted by Gasteiger charge is -2.03. The average Bonchev–Trinajstić information content (AvgIpc) is 2.60. The summed E-state index contributed by atoms with van der Waals surface area (Å²) in [6.45, 7) is 1.70. The molecule has 0 radical (unpaired) electrons. The topological polar surface area (TPSA) is 74.0 Å². The van der Waals surface area contributed by atoms with Crippen molar-refractivity contribution in [1.29, 1.82) is 0 Å². The van der Waals surface area contributed by atoms with Crippen molar-refractivity contribution in [3.05, 3.63) is 22.4 Å². The summed E-state index contributed by atoms with van der Waals surface area (Å²) in [5.74, 6) is -0.610. The van der Waals surface area contributed by atoms with Crippen molar-refractivity contribution in [2.24, 2.45) is 0 Å². The maximum atomic E-state index is 11.3. The Bertz CT molecular complexity index is 348. The van der Waals surface area contributed by atoms with Gasteiger partial charge in [0.05, 0.1) is 0 Å². The molecule has 0 atom stereocenters. The Hall–Kier alpha value is -1.30. The lowest BCUT2D eigenvalue weighted by molar-refractivity contribution is -0.121. The molecule has 0 bridgehead atoms. The molecule has 0 aromatic carbocycles. The zero-order valence-electron chi connectivity index (χ0n) is 7.56. The van der Waals surface area contributed by atoms with Crippen molar-refractivity contribution < 1.29 is 9.59 Å².